The van der Waals surface area contributed by atoms with E-state index in [1.807, 2.05) is 73.2 Å². The molecule has 9 rings (SSSR count). The molecule has 0 amide bonds. The third-order valence-corrected chi connectivity index (χ3v) is 7.99. The Labute approximate surface area is 251 Å². The van der Waals surface area contributed by atoms with Crippen molar-refractivity contribution in [1.82, 2.24) is 39.0 Å². The lowest BCUT2D eigenvalue weighted by Crippen LogP contribution is -2.00. The first-order valence-electron chi connectivity index (χ1n) is 14.3. The molecule has 9 aromatic rings. The van der Waals surface area contributed by atoms with Gasteiger partial charge in [0.2, 0.25) is 0 Å². The molecule has 206 valence electrons. The number of hydrogen-bond donors (Lipinski definition) is 0. The Kier molecular flexibility index (Phi) is 5.33. The number of nitrogens with zero attached hydrogens (tertiary/aromatic N) is 8. The summed E-state index contributed by atoms with van der Waals surface area (Å²) in [5, 5.41) is 3.15. The molecule has 8 heteroatoms. The Morgan fingerprint density at radius 2 is 0.977 bits per heavy atom. The molecule has 8 heterocycles. The largest absolute Gasteiger partial charge is 0.292 e. The topological polar surface area (TPSA) is 87.2 Å². The van der Waals surface area contributed by atoms with Gasteiger partial charge in [-0.25, -0.2) is 4.98 Å². The fraction of sp³-hybridized carbons (Fsp3) is 0. The molecular formula is C36H22N8. The van der Waals surface area contributed by atoms with Crippen LogP contribution < -0.4 is 0 Å². The van der Waals surface area contributed by atoms with Crippen LogP contribution in [0.25, 0.3) is 78.2 Å². The number of fused-ring (bicyclic) bond motifs is 6. The molecule has 44 heavy (non-hydrogen) atoms. The zero-order valence-electron chi connectivity index (χ0n) is 23.3. The third-order valence-electron chi connectivity index (χ3n) is 7.99. The Morgan fingerprint density at radius 1 is 0.409 bits per heavy atom. The Bertz CT molecular complexity index is 2290. The van der Waals surface area contributed by atoms with Crippen LogP contribution in [0.1, 0.15) is 0 Å². The van der Waals surface area contributed by atoms with E-state index < -0.39 is 0 Å². The second-order valence-electron chi connectivity index (χ2n) is 10.5. The van der Waals surface area contributed by atoms with Gasteiger partial charge in [-0.2, -0.15) is 0 Å². The van der Waals surface area contributed by atoms with E-state index in [2.05, 4.69) is 67.6 Å². The second-order valence-corrected chi connectivity index (χ2v) is 10.5. The van der Waals surface area contributed by atoms with Crippen molar-refractivity contribution < 1.29 is 0 Å². The smallest absolute Gasteiger partial charge is 0.149 e. The minimum atomic E-state index is 0.806. The SMILES string of the molecule is c1ccc(-c2ccc(-n3c4ccccc4c4cc5c6ncccc6n(-c6ccc(-c7ccccn7)nc6)c5nc43)cn2)nc1. The maximum Gasteiger partial charge on any atom is 0.149 e. The van der Waals surface area contributed by atoms with E-state index in [0.717, 1.165) is 78.2 Å². The van der Waals surface area contributed by atoms with E-state index in [-0.39, 0.29) is 0 Å². The van der Waals surface area contributed by atoms with Crippen molar-refractivity contribution >= 4 is 44.0 Å². The summed E-state index contributed by atoms with van der Waals surface area (Å²) in [4.78, 5) is 28.6. The van der Waals surface area contributed by atoms with Crippen LogP contribution >= 0.6 is 0 Å². The van der Waals surface area contributed by atoms with E-state index in [4.69, 9.17) is 19.9 Å². The minimum Gasteiger partial charge on any atom is -0.292 e. The lowest BCUT2D eigenvalue weighted by atomic mass is 10.1. The van der Waals surface area contributed by atoms with Gasteiger partial charge in [-0.15, -0.1) is 0 Å². The number of hydrogen-bond acceptors (Lipinski definition) is 6. The van der Waals surface area contributed by atoms with Crippen molar-refractivity contribution in [2.45, 2.75) is 0 Å². The summed E-state index contributed by atoms with van der Waals surface area (Å²) in [6, 6.07) is 34.4. The molecule has 1 aromatic carbocycles. The van der Waals surface area contributed by atoms with Gasteiger partial charge in [-0.1, -0.05) is 30.3 Å². The maximum atomic E-state index is 5.37. The van der Waals surface area contributed by atoms with Crippen molar-refractivity contribution in [2.75, 3.05) is 0 Å². The van der Waals surface area contributed by atoms with Crippen LogP contribution in [0.4, 0.5) is 0 Å². The summed E-state index contributed by atoms with van der Waals surface area (Å²) < 4.78 is 4.31. The van der Waals surface area contributed by atoms with Crippen LogP contribution in [-0.2, 0) is 0 Å². The summed E-state index contributed by atoms with van der Waals surface area (Å²) in [6.45, 7) is 0. The number of aromatic nitrogens is 8. The summed E-state index contributed by atoms with van der Waals surface area (Å²) in [5.41, 5.74) is 9.67. The zero-order chi connectivity index (χ0) is 29.0. The standard InChI is InChI=1S/C36H22N8/c1-2-11-32-25(8-1)26-20-27-34-33(12-7-19-39-34)44(24-14-16-31(41-22-24)29-10-4-6-18-38-29)36(27)42-35(26)43(32)23-13-15-30(40-21-23)28-9-3-5-17-37-28/h1-22H. The second kappa shape index (κ2) is 9.64. The summed E-state index contributed by atoms with van der Waals surface area (Å²) in [7, 11) is 0. The molecule has 0 bridgehead atoms. The molecule has 0 radical (unpaired) electrons. The molecule has 0 aliphatic carbocycles. The fourth-order valence-electron chi connectivity index (χ4n) is 6.01. The van der Waals surface area contributed by atoms with E-state index in [1.165, 1.54) is 0 Å². The Hall–Kier alpha value is -6.28. The molecule has 0 N–H and O–H groups in total. The fourth-order valence-corrected chi connectivity index (χ4v) is 6.01. The van der Waals surface area contributed by atoms with Gasteiger partial charge < -0.3 is 0 Å². The van der Waals surface area contributed by atoms with Crippen molar-refractivity contribution in [3.05, 3.63) is 134 Å². The third kappa shape index (κ3) is 3.71. The van der Waals surface area contributed by atoms with Crippen LogP contribution in [-0.4, -0.2) is 39.0 Å². The van der Waals surface area contributed by atoms with Crippen molar-refractivity contribution in [3.63, 3.8) is 0 Å². The summed E-state index contributed by atoms with van der Waals surface area (Å²) in [6.07, 6.45) is 9.15. The van der Waals surface area contributed by atoms with Crippen molar-refractivity contribution in [1.29, 1.82) is 0 Å². The average Bonchev–Trinajstić information content (AvgIpc) is 3.60. The molecule has 0 unspecified atom stereocenters. The van der Waals surface area contributed by atoms with Gasteiger partial charge in [0.15, 0.2) is 0 Å². The average molecular weight is 567 g/mol. The molecule has 0 spiro atoms. The predicted octanol–water partition coefficient (Wildman–Crippen LogP) is 7.58. The van der Waals surface area contributed by atoms with Crippen LogP contribution in [0, 0.1) is 0 Å². The summed E-state index contributed by atoms with van der Waals surface area (Å²) >= 11 is 0. The highest BCUT2D eigenvalue weighted by Crippen LogP contribution is 2.37. The van der Waals surface area contributed by atoms with Gasteiger partial charge in [0, 0.05) is 34.7 Å². The lowest BCUT2D eigenvalue weighted by Gasteiger charge is -2.10. The van der Waals surface area contributed by atoms with E-state index in [9.17, 15) is 0 Å². The monoisotopic (exact) mass is 566 g/mol. The quantitative estimate of drug-likeness (QED) is 0.218. The molecule has 0 saturated heterocycles. The number of pyridine rings is 6. The van der Waals surface area contributed by atoms with Gasteiger partial charge in [0.05, 0.1) is 63.1 Å². The van der Waals surface area contributed by atoms with Gasteiger partial charge in [-0.3, -0.25) is 34.1 Å². The predicted molar refractivity (Wildman–Crippen MR) is 173 cm³/mol. The highest BCUT2D eigenvalue weighted by molar-refractivity contribution is 6.15. The van der Waals surface area contributed by atoms with Crippen LogP contribution in [0.2, 0.25) is 0 Å². The minimum absolute atomic E-state index is 0.806. The van der Waals surface area contributed by atoms with Crippen LogP contribution in [0.3, 0.4) is 0 Å². The van der Waals surface area contributed by atoms with E-state index in [1.54, 1.807) is 12.4 Å². The molecule has 8 nitrogen and oxygen atoms in total. The first-order chi connectivity index (χ1) is 21.8. The normalized spacial score (nSPS) is 11.6. The molecule has 0 fully saturated rings. The van der Waals surface area contributed by atoms with Gasteiger partial charge >= 0.3 is 0 Å². The first-order valence-corrected chi connectivity index (χ1v) is 14.3. The first kappa shape index (κ1) is 24.3. The Balaban J connectivity index is 1.29. The number of benzene rings is 1. The molecule has 0 aliphatic heterocycles. The van der Waals surface area contributed by atoms with Gasteiger partial charge in [0.1, 0.15) is 11.3 Å². The molecule has 0 aliphatic rings. The highest BCUT2D eigenvalue weighted by atomic mass is 15.1. The van der Waals surface area contributed by atoms with Crippen molar-refractivity contribution in [2.24, 2.45) is 0 Å². The summed E-state index contributed by atoms with van der Waals surface area (Å²) in [5.74, 6) is 0. The molecule has 0 saturated carbocycles. The maximum absolute atomic E-state index is 5.37. The van der Waals surface area contributed by atoms with Gasteiger partial charge in [0.25, 0.3) is 0 Å². The number of para-hydroxylation sites is 1. The van der Waals surface area contributed by atoms with Crippen molar-refractivity contribution in [3.8, 4) is 34.2 Å². The van der Waals surface area contributed by atoms with Crippen LogP contribution in [0.5, 0.6) is 0 Å². The van der Waals surface area contributed by atoms with Crippen LogP contribution in [0.15, 0.2) is 134 Å². The Morgan fingerprint density at radius 3 is 1.61 bits per heavy atom. The molecular weight excluding hydrogens is 544 g/mol. The molecule has 8 aromatic heterocycles. The molecule has 0 atom stereocenters. The highest BCUT2D eigenvalue weighted by Gasteiger charge is 2.20. The van der Waals surface area contributed by atoms with E-state index in [0.29, 0.717) is 0 Å². The number of rotatable bonds is 4. The van der Waals surface area contributed by atoms with Gasteiger partial charge in [-0.05, 0) is 72.8 Å². The lowest BCUT2D eigenvalue weighted by molar-refractivity contribution is 1.08. The zero-order valence-corrected chi connectivity index (χ0v) is 23.3. The van der Waals surface area contributed by atoms with E-state index >= 15 is 0 Å².